The molecule has 19 heavy (non-hydrogen) atoms. The molecule has 2 heterocycles. The molecule has 2 aromatic heterocycles. The van der Waals surface area contributed by atoms with Crippen LogP contribution < -0.4 is 0 Å². The molecule has 0 fully saturated rings. The van der Waals surface area contributed by atoms with Gasteiger partial charge in [-0.15, -0.1) is 16.4 Å². The Hall–Kier alpha value is -1.76. The quantitative estimate of drug-likeness (QED) is 0.806. The molecule has 0 saturated heterocycles. The van der Waals surface area contributed by atoms with Gasteiger partial charge >= 0.3 is 0 Å². The fourth-order valence-electron chi connectivity index (χ4n) is 1.77. The molecule has 0 bridgehead atoms. The maximum Gasteiger partial charge on any atom is 0.212 e. The Bertz CT molecular complexity index is 678. The fraction of sp³-hybridized carbons (Fsp3) is 0.0833. The van der Waals surface area contributed by atoms with Gasteiger partial charge in [0.15, 0.2) is 0 Å². The van der Waals surface area contributed by atoms with E-state index in [-0.39, 0.29) is 6.61 Å². The Balaban J connectivity index is 2.18. The van der Waals surface area contributed by atoms with Crippen molar-refractivity contribution in [1.29, 1.82) is 0 Å². The monoisotopic (exact) mass is 292 g/mol. The first kappa shape index (κ1) is 12.3. The maximum absolute atomic E-state index is 9.39. The Kier molecular flexibility index (Phi) is 3.29. The molecule has 0 aliphatic rings. The van der Waals surface area contributed by atoms with E-state index in [1.165, 1.54) is 11.3 Å². The Morgan fingerprint density at radius 2 is 2.05 bits per heavy atom. The number of aliphatic hydroxyl groups excluding tert-OH is 1. The van der Waals surface area contributed by atoms with Crippen LogP contribution in [0.1, 0.15) is 5.69 Å². The van der Waals surface area contributed by atoms with E-state index in [2.05, 4.69) is 15.3 Å². The summed E-state index contributed by atoms with van der Waals surface area (Å²) in [5, 5.41) is 20.6. The van der Waals surface area contributed by atoms with Crippen molar-refractivity contribution in [2.45, 2.75) is 6.61 Å². The lowest BCUT2D eigenvalue weighted by atomic mass is 10.1. The Morgan fingerprint density at radius 3 is 2.68 bits per heavy atom. The Labute approximate surface area is 118 Å². The Morgan fingerprint density at radius 1 is 1.26 bits per heavy atom. The molecule has 7 heteroatoms. The van der Waals surface area contributed by atoms with E-state index in [4.69, 9.17) is 11.6 Å². The smallest absolute Gasteiger partial charge is 0.212 e. The van der Waals surface area contributed by atoms with E-state index in [9.17, 15) is 5.11 Å². The van der Waals surface area contributed by atoms with E-state index >= 15 is 0 Å². The normalized spacial score (nSPS) is 10.8. The van der Waals surface area contributed by atoms with E-state index in [1.54, 1.807) is 23.0 Å². The molecule has 3 aromatic rings. The zero-order chi connectivity index (χ0) is 13.2. The van der Waals surface area contributed by atoms with Gasteiger partial charge in [-0.05, 0) is 12.1 Å². The van der Waals surface area contributed by atoms with Gasteiger partial charge in [-0.1, -0.05) is 28.9 Å². The average molecular weight is 293 g/mol. The number of aromatic nitrogens is 4. The summed E-state index contributed by atoms with van der Waals surface area (Å²) in [6, 6.07) is 7.31. The molecule has 0 atom stereocenters. The lowest BCUT2D eigenvalue weighted by Gasteiger charge is -2.05. The first-order valence-corrected chi connectivity index (χ1v) is 6.76. The van der Waals surface area contributed by atoms with Crippen molar-refractivity contribution >= 4 is 22.9 Å². The van der Waals surface area contributed by atoms with Crippen LogP contribution in [0.4, 0.5) is 0 Å². The van der Waals surface area contributed by atoms with Gasteiger partial charge in [0.1, 0.15) is 11.4 Å². The minimum Gasteiger partial charge on any atom is -0.390 e. The molecule has 0 aliphatic carbocycles. The molecule has 0 aliphatic heterocycles. The average Bonchev–Trinajstić information content (AvgIpc) is 3.08. The SMILES string of the molecule is OCc1nnn(-c2nccs2)c1-c1ccc(Cl)cc1. The molecule has 0 spiro atoms. The second-order valence-electron chi connectivity index (χ2n) is 3.78. The van der Waals surface area contributed by atoms with Crippen molar-refractivity contribution in [2.75, 3.05) is 0 Å². The maximum atomic E-state index is 9.39. The number of hydrogen-bond donors (Lipinski definition) is 1. The van der Waals surface area contributed by atoms with Crippen molar-refractivity contribution in [3.8, 4) is 16.4 Å². The van der Waals surface area contributed by atoms with Gasteiger partial charge in [-0.3, -0.25) is 0 Å². The zero-order valence-corrected chi connectivity index (χ0v) is 11.3. The minimum absolute atomic E-state index is 0.177. The minimum atomic E-state index is -0.177. The summed E-state index contributed by atoms with van der Waals surface area (Å²) in [7, 11) is 0. The molecule has 0 amide bonds. The van der Waals surface area contributed by atoms with Crippen LogP contribution in [0.2, 0.25) is 5.02 Å². The van der Waals surface area contributed by atoms with Gasteiger partial charge in [0.25, 0.3) is 0 Å². The highest BCUT2D eigenvalue weighted by molar-refractivity contribution is 7.12. The molecule has 0 unspecified atom stereocenters. The number of nitrogens with zero attached hydrogens (tertiary/aromatic N) is 4. The summed E-state index contributed by atoms with van der Waals surface area (Å²) in [6.45, 7) is -0.177. The van der Waals surface area contributed by atoms with Gasteiger partial charge in [0.2, 0.25) is 5.13 Å². The molecule has 0 radical (unpaired) electrons. The largest absolute Gasteiger partial charge is 0.390 e. The van der Waals surface area contributed by atoms with Crippen LogP contribution in [0.25, 0.3) is 16.4 Å². The van der Waals surface area contributed by atoms with Crippen molar-refractivity contribution in [1.82, 2.24) is 20.0 Å². The molecule has 96 valence electrons. The molecular formula is C12H9ClN4OS. The van der Waals surface area contributed by atoms with Crippen LogP contribution in [0.3, 0.4) is 0 Å². The van der Waals surface area contributed by atoms with Crippen LogP contribution in [0.15, 0.2) is 35.8 Å². The third-order valence-corrected chi connectivity index (χ3v) is 3.61. The molecule has 5 nitrogen and oxygen atoms in total. The van der Waals surface area contributed by atoms with Gasteiger partial charge in [0.05, 0.1) is 6.61 Å². The van der Waals surface area contributed by atoms with Crippen LogP contribution in [0.5, 0.6) is 0 Å². The predicted molar refractivity (Wildman–Crippen MR) is 73.4 cm³/mol. The molecule has 0 saturated carbocycles. The fourth-order valence-corrected chi connectivity index (χ4v) is 2.49. The van der Waals surface area contributed by atoms with Gasteiger partial charge in [-0.2, -0.15) is 4.68 Å². The van der Waals surface area contributed by atoms with Crippen molar-refractivity contribution in [3.05, 3.63) is 46.6 Å². The third kappa shape index (κ3) is 2.25. The molecule has 1 N–H and O–H groups in total. The highest BCUT2D eigenvalue weighted by Gasteiger charge is 2.16. The topological polar surface area (TPSA) is 63.8 Å². The number of hydrogen-bond acceptors (Lipinski definition) is 5. The zero-order valence-electron chi connectivity index (χ0n) is 9.69. The highest BCUT2D eigenvalue weighted by Crippen LogP contribution is 2.27. The van der Waals surface area contributed by atoms with Crippen LogP contribution in [-0.2, 0) is 6.61 Å². The number of aliphatic hydroxyl groups is 1. The first-order valence-electron chi connectivity index (χ1n) is 5.51. The predicted octanol–water partition coefficient (Wildman–Crippen LogP) is 2.54. The molecule has 1 aromatic carbocycles. The van der Waals surface area contributed by atoms with Gasteiger partial charge in [-0.25, -0.2) is 4.98 Å². The van der Waals surface area contributed by atoms with Gasteiger partial charge < -0.3 is 5.11 Å². The lowest BCUT2D eigenvalue weighted by Crippen LogP contribution is -1.99. The van der Waals surface area contributed by atoms with Crippen LogP contribution in [-0.4, -0.2) is 25.1 Å². The third-order valence-electron chi connectivity index (χ3n) is 2.61. The number of halogens is 1. The van der Waals surface area contributed by atoms with Crippen LogP contribution in [0, 0.1) is 0 Å². The standard InChI is InChI=1S/C12H9ClN4OS/c13-9-3-1-8(2-4-9)11-10(7-18)15-16-17(11)12-14-5-6-19-12/h1-6,18H,7H2. The van der Waals surface area contributed by atoms with Crippen molar-refractivity contribution in [3.63, 3.8) is 0 Å². The lowest BCUT2D eigenvalue weighted by molar-refractivity contribution is 0.277. The number of rotatable bonds is 3. The summed E-state index contributed by atoms with van der Waals surface area (Å²) in [5.41, 5.74) is 2.13. The molecule has 3 rings (SSSR count). The first-order chi connectivity index (χ1) is 9.29. The van der Waals surface area contributed by atoms with E-state index in [0.717, 1.165) is 11.3 Å². The summed E-state index contributed by atoms with van der Waals surface area (Å²) >= 11 is 7.34. The second-order valence-corrected chi connectivity index (χ2v) is 5.09. The summed E-state index contributed by atoms with van der Waals surface area (Å²) in [5.74, 6) is 0. The van der Waals surface area contributed by atoms with E-state index in [0.29, 0.717) is 15.8 Å². The van der Waals surface area contributed by atoms with E-state index < -0.39 is 0 Å². The van der Waals surface area contributed by atoms with E-state index in [1.807, 2.05) is 17.5 Å². The number of thiazole rings is 1. The van der Waals surface area contributed by atoms with Crippen LogP contribution >= 0.6 is 22.9 Å². The number of benzene rings is 1. The molecular weight excluding hydrogens is 284 g/mol. The summed E-state index contributed by atoms with van der Waals surface area (Å²) < 4.78 is 1.62. The van der Waals surface area contributed by atoms with Crippen molar-refractivity contribution < 1.29 is 5.11 Å². The van der Waals surface area contributed by atoms with Gasteiger partial charge in [0, 0.05) is 22.2 Å². The highest BCUT2D eigenvalue weighted by atomic mass is 35.5. The summed E-state index contributed by atoms with van der Waals surface area (Å²) in [4.78, 5) is 4.21. The summed E-state index contributed by atoms with van der Waals surface area (Å²) in [6.07, 6.45) is 1.70. The van der Waals surface area contributed by atoms with Crippen molar-refractivity contribution in [2.24, 2.45) is 0 Å². The second kappa shape index (κ2) is 5.08.